The van der Waals surface area contributed by atoms with Gasteiger partial charge in [0.05, 0.1) is 27.3 Å². The molecule has 0 radical (unpaired) electrons. The maximum atomic E-state index is 2.49. The normalized spacial score (nSPS) is 12.2. The largest absolute Gasteiger partial charge is 0.220 e. The Labute approximate surface area is 765 Å². The molecule has 0 amide bonds. The lowest BCUT2D eigenvalue weighted by molar-refractivity contribution is -0.659. The van der Waals surface area contributed by atoms with Crippen LogP contribution in [-0.2, 0) is 42.8 Å². The third kappa shape index (κ3) is 16.9. The summed E-state index contributed by atoms with van der Waals surface area (Å²) in [6.45, 7) is 36.8. The SMILES string of the molecule is Cc1c(-c2c3ccc([Si](c4ccccc4)(c4ccccc4)c4ccccc4)cc3cc[n+]2C)cc(C(C)(C)C)cc1C(C)(C)C.Cc1cc(C(C)(C)C)cc(-c2c3ccc([Si](c4ccccc4)(c4ccccc4)c4ccccc4)cc3cc[n+]2C)c1C.Cc1ccc(C(C)(C)C)cc1-c1c2ccc([Si](c3ccccc3)(c3ccccc3)c3ccccc3)cc2cc[n+]1C. The fourth-order valence-electron chi connectivity index (χ4n) is 20.1. The van der Waals surface area contributed by atoms with Gasteiger partial charge in [0.15, 0.2) is 42.8 Å². The van der Waals surface area contributed by atoms with Gasteiger partial charge in [0.1, 0.15) is 21.1 Å². The molecule has 6 heteroatoms. The average molecular weight is 1720 g/mol. The van der Waals surface area contributed by atoms with Crippen molar-refractivity contribution in [3.05, 3.63) is 451 Å². The summed E-state index contributed by atoms with van der Waals surface area (Å²) in [5.74, 6) is 0. The van der Waals surface area contributed by atoms with Crippen LogP contribution in [0.25, 0.3) is 66.1 Å². The van der Waals surface area contributed by atoms with Gasteiger partial charge < -0.3 is 0 Å². The van der Waals surface area contributed by atoms with E-state index < -0.39 is 24.2 Å². The smallest absolute Gasteiger partial charge is 0.200 e. The van der Waals surface area contributed by atoms with Crippen molar-refractivity contribution in [2.75, 3.05) is 0 Å². The number of aromatic nitrogens is 3. The molecule has 18 aromatic rings. The zero-order valence-corrected chi connectivity index (χ0v) is 81.5. The van der Waals surface area contributed by atoms with E-state index in [0.29, 0.717) is 0 Å². The van der Waals surface area contributed by atoms with Crippen LogP contribution in [0.2, 0.25) is 0 Å². The molecule has 0 aliphatic carbocycles. The molecular weight excluding hydrogens is 1590 g/mol. The van der Waals surface area contributed by atoms with Crippen molar-refractivity contribution in [3.8, 4) is 33.8 Å². The lowest BCUT2D eigenvalue weighted by Gasteiger charge is -2.34. The van der Waals surface area contributed by atoms with E-state index in [1.54, 1.807) is 0 Å². The predicted octanol–water partition coefficient (Wildman–Crippen LogP) is 20.5. The molecule has 3 heterocycles. The lowest BCUT2D eigenvalue weighted by Crippen LogP contribution is -2.74. The fraction of sp³-hybridized carbons (Fsp3) is 0.189. The number of fused-ring (bicyclic) bond motifs is 3. The van der Waals surface area contributed by atoms with E-state index in [1.165, 1.54) is 173 Å². The fourth-order valence-corrected chi connectivity index (χ4v) is 34.4. The highest BCUT2D eigenvalue weighted by atomic mass is 28.3. The quantitative estimate of drug-likeness (QED) is 0.0551. The number of pyridine rings is 3. The number of benzene rings is 15. The Bertz CT molecular complexity index is 6700. The van der Waals surface area contributed by atoms with E-state index in [2.05, 4.69) is 552 Å². The molecule has 15 aromatic carbocycles. The molecule has 0 saturated carbocycles. The monoisotopic (exact) mass is 1710 g/mol. The molecular formula is C122H124N3Si3+3. The lowest BCUT2D eigenvalue weighted by atomic mass is 9.76. The topological polar surface area (TPSA) is 11.6 Å². The van der Waals surface area contributed by atoms with E-state index in [9.17, 15) is 0 Å². The average Bonchev–Trinajstić information content (AvgIpc) is 0.733. The Morgan fingerprint density at radius 3 is 0.695 bits per heavy atom. The van der Waals surface area contributed by atoms with Crippen molar-refractivity contribution in [3.63, 3.8) is 0 Å². The van der Waals surface area contributed by atoms with E-state index in [1.807, 2.05) is 0 Å². The molecule has 0 fully saturated rings. The molecule has 0 atom stereocenters. The van der Waals surface area contributed by atoms with E-state index in [0.717, 1.165) is 0 Å². The zero-order valence-electron chi connectivity index (χ0n) is 78.5. The van der Waals surface area contributed by atoms with Gasteiger partial charge >= 0.3 is 0 Å². The summed E-state index contributed by atoms with van der Waals surface area (Å²) in [6, 6.07) is 146. The highest BCUT2D eigenvalue weighted by Gasteiger charge is 2.45. The van der Waals surface area contributed by atoms with Crippen molar-refractivity contribution in [1.29, 1.82) is 0 Å². The molecule has 0 bridgehead atoms. The Morgan fingerprint density at radius 2 is 0.438 bits per heavy atom. The van der Waals surface area contributed by atoms with Crippen molar-refractivity contribution < 1.29 is 13.7 Å². The molecule has 0 saturated heterocycles. The first kappa shape index (κ1) is 88.6. The molecule has 18 rings (SSSR count). The molecule has 0 aliphatic heterocycles. The first-order valence-corrected chi connectivity index (χ1v) is 51.6. The van der Waals surface area contributed by atoms with E-state index >= 15 is 0 Å². The summed E-state index contributed by atoms with van der Waals surface area (Å²) >= 11 is 0. The Balaban J connectivity index is 0.000000141. The number of hydrogen-bond donors (Lipinski definition) is 0. The standard InChI is InChI=1S/C43H46NSi.C40H40NSi.C39H38NSi/c1-31-39(29-33(42(2,3)4)30-40(31)43(5,6)7)41-38-25-24-37(28-32(38)26-27-44(41)8)45(34-18-12-9-13-19-34,35-20-14-10-15-21-35)36-22-16-11-17-23-36;1-29-26-32(40(3,4)5)28-38(30(29)2)39-37-23-22-36(27-31(37)24-25-41(39)6)42(33-16-10-7-11-17-33,34-18-12-8-13-19-34)35-20-14-9-15-21-35;1-29-21-22-31(39(2,3)4)28-37(29)38-36-24-23-35(27-30(36)25-26-40(38)5)41(32-15-9-6-10-16-32,33-17-11-7-12-18-33)34-19-13-8-14-20-34/h9-30H,1-8H3;7-28H,1-6H3;6-28H,1-5H3/q3*+1. The molecule has 0 N–H and O–H groups in total. The predicted molar refractivity (Wildman–Crippen MR) is 556 cm³/mol. The van der Waals surface area contributed by atoms with Crippen LogP contribution in [0, 0.1) is 27.7 Å². The van der Waals surface area contributed by atoms with Crippen molar-refractivity contribution >= 4 is 119 Å². The van der Waals surface area contributed by atoms with Gasteiger partial charge in [-0.05, 0) is 209 Å². The summed E-state index contributed by atoms with van der Waals surface area (Å²) < 4.78 is 6.90. The number of nitrogens with zero attached hydrogens (tertiary/aromatic N) is 3. The van der Waals surface area contributed by atoms with Gasteiger partial charge in [0, 0.05) is 23.8 Å². The third-order valence-corrected chi connectivity index (χ3v) is 41.4. The van der Waals surface area contributed by atoms with Gasteiger partial charge in [-0.25, -0.2) is 13.7 Å². The highest BCUT2D eigenvalue weighted by Crippen LogP contribution is 2.41. The number of rotatable bonds is 15. The summed E-state index contributed by atoms with van der Waals surface area (Å²) in [4.78, 5) is 0. The first-order chi connectivity index (χ1) is 61.4. The third-order valence-electron chi connectivity index (χ3n) is 27.1. The van der Waals surface area contributed by atoms with Gasteiger partial charge in [-0.3, -0.25) is 0 Å². The van der Waals surface area contributed by atoms with Crippen LogP contribution in [0.1, 0.15) is 128 Å². The second kappa shape index (κ2) is 36.1. The van der Waals surface area contributed by atoms with Crippen LogP contribution in [0.4, 0.5) is 0 Å². The number of hydrogen-bond acceptors (Lipinski definition) is 0. The Hall–Kier alpha value is -12.8. The van der Waals surface area contributed by atoms with E-state index in [4.69, 9.17) is 0 Å². The van der Waals surface area contributed by atoms with Crippen LogP contribution in [0.3, 0.4) is 0 Å². The molecule has 0 spiro atoms. The van der Waals surface area contributed by atoms with Crippen molar-refractivity contribution in [2.24, 2.45) is 21.1 Å². The van der Waals surface area contributed by atoms with Crippen molar-refractivity contribution in [2.45, 2.75) is 132 Å². The molecule has 0 aliphatic rings. The molecule has 0 unspecified atom stereocenters. The summed E-state index contributed by atoms with van der Waals surface area (Å²) in [5, 5.41) is 24.4. The Morgan fingerprint density at radius 1 is 0.195 bits per heavy atom. The van der Waals surface area contributed by atoms with Gasteiger partial charge in [-0.1, -0.05) is 417 Å². The second-order valence-corrected chi connectivity index (χ2v) is 50.9. The van der Waals surface area contributed by atoms with Crippen LogP contribution >= 0.6 is 0 Å². The zero-order chi connectivity index (χ0) is 90.1. The second-order valence-electron chi connectivity index (χ2n) is 39.5. The van der Waals surface area contributed by atoms with Crippen LogP contribution < -0.4 is 75.9 Å². The van der Waals surface area contributed by atoms with Crippen LogP contribution in [0.15, 0.2) is 407 Å². The maximum Gasteiger partial charge on any atom is 0.220 e. The number of aryl methyl sites for hydroxylation is 5. The molecule has 3 aromatic heterocycles. The summed E-state index contributed by atoms with van der Waals surface area (Å²) in [7, 11) is -1.24. The Kier molecular flexibility index (Phi) is 25.0. The molecule has 3 nitrogen and oxygen atoms in total. The van der Waals surface area contributed by atoms with Gasteiger partial charge in [0.25, 0.3) is 0 Å². The maximum absolute atomic E-state index is 2.61. The first-order valence-electron chi connectivity index (χ1n) is 45.6. The van der Waals surface area contributed by atoms with Gasteiger partial charge in [-0.2, -0.15) is 0 Å². The van der Waals surface area contributed by atoms with E-state index in [-0.39, 0.29) is 21.7 Å². The van der Waals surface area contributed by atoms with Crippen LogP contribution in [-0.4, -0.2) is 24.2 Å². The summed E-state index contributed by atoms with van der Waals surface area (Å²) in [5.41, 5.74) is 18.9. The van der Waals surface area contributed by atoms with Crippen LogP contribution in [0.5, 0.6) is 0 Å². The van der Waals surface area contributed by atoms with Crippen molar-refractivity contribution in [1.82, 2.24) is 0 Å². The minimum atomic E-state index is -2.61. The molecule has 128 heavy (non-hydrogen) atoms. The minimum Gasteiger partial charge on any atom is -0.200 e. The van der Waals surface area contributed by atoms with Gasteiger partial charge in [0.2, 0.25) is 17.1 Å². The van der Waals surface area contributed by atoms with Gasteiger partial charge in [-0.15, -0.1) is 0 Å². The summed E-state index contributed by atoms with van der Waals surface area (Å²) in [6.07, 6.45) is 6.70. The molecule has 636 valence electrons. The highest BCUT2D eigenvalue weighted by molar-refractivity contribution is 7.21. The minimum absolute atomic E-state index is 0.0443.